The number of hydrogen-bond acceptors (Lipinski definition) is 5. The topological polar surface area (TPSA) is 91.3 Å². The molecule has 0 aliphatic carbocycles. The van der Waals surface area contributed by atoms with Crippen molar-refractivity contribution in [2.24, 2.45) is 0 Å². The molecule has 1 aliphatic rings. The highest BCUT2D eigenvalue weighted by molar-refractivity contribution is 5.75. The molecule has 0 aromatic heterocycles. The number of hydrogen-bond donors (Lipinski definition) is 3. The van der Waals surface area contributed by atoms with Crippen LogP contribution in [0.25, 0.3) is 0 Å². The van der Waals surface area contributed by atoms with Crippen LogP contribution < -0.4 is 14.8 Å². The van der Waals surface area contributed by atoms with E-state index < -0.39 is 11.1 Å². The van der Waals surface area contributed by atoms with E-state index in [0.717, 1.165) is 5.56 Å². The van der Waals surface area contributed by atoms with Crippen LogP contribution in [0.5, 0.6) is 11.5 Å². The lowest BCUT2D eigenvalue weighted by Gasteiger charge is -2.31. The highest BCUT2D eigenvalue weighted by Crippen LogP contribution is 2.32. The largest absolute Gasteiger partial charge is 0.493 e. The van der Waals surface area contributed by atoms with E-state index in [4.69, 9.17) is 9.47 Å². The molecule has 1 saturated heterocycles. The number of benzene rings is 1. The molecule has 1 aliphatic heterocycles. The van der Waals surface area contributed by atoms with Crippen molar-refractivity contribution in [1.29, 1.82) is 0 Å². The van der Waals surface area contributed by atoms with Crippen molar-refractivity contribution < 1.29 is 24.5 Å². The standard InChI is InChI=1S/C19H30N2O5/c1-18(2,14-6-7-15(25-3)16(12-14)26-4)20-17(23)21-10-5-8-19(24,13-22)9-11-21/h6-7,12,22,24H,5,8-11,13H2,1-4H3,(H,20,23)/t19-/m0/s1. The van der Waals surface area contributed by atoms with Crippen molar-refractivity contribution >= 4 is 6.03 Å². The second-order valence-corrected chi connectivity index (χ2v) is 7.35. The lowest BCUT2D eigenvalue weighted by atomic mass is 9.94. The number of nitrogens with zero attached hydrogens (tertiary/aromatic N) is 1. The van der Waals surface area contributed by atoms with Crippen LogP contribution in [-0.2, 0) is 5.54 Å². The fraction of sp³-hybridized carbons (Fsp3) is 0.632. The maximum atomic E-state index is 12.7. The molecule has 0 unspecified atom stereocenters. The number of ether oxygens (including phenoxy) is 2. The second kappa shape index (κ2) is 8.14. The Balaban J connectivity index is 2.09. The summed E-state index contributed by atoms with van der Waals surface area (Å²) in [6.07, 6.45) is 1.52. The van der Waals surface area contributed by atoms with Crippen LogP contribution in [0.2, 0.25) is 0 Å². The molecule has 1 aromatic rings. The summed E-state index contributed by atoms with van der Waals surface area (Å²) in [5.41, 5.74) is -0.811. The van der Waals surface area contributed by atoms with Gasteiger partial charge in [0.1, 0.15) is 0 Å². The molecule has 26 heavy (non-hydrogen) atoms. The second-order valence-electron chi connectivity index (χ2n) is 7.35. The predicted molar refractivity (Wildman–Crippen MR) is 98.6 cm³/mol. The van der Waals surface area contributed by atoms with E-state index in [-0.39, 0.29) is 12.6 Å². The maximum Gasteiger partial charge on any atom is 0.318 e. The molecule has 146 valence electrons. The first-order valence-corrected chi connectivity index (χ1v) is 8.87. The van der Waals surface area contributed by atoms with E-state index in [1.807, 2.05) is 32.0 Å². The normalized spacial score (nSPS) is 21.1. The van der Waals surface area contributed by atoms with Crippen molar-refractivity contribution in [1.82, 2.24) is 10.2 Å². The van der Waals surface area contributed by atoms with Crippen molar-refractivity contribution in [3.05, 3.63) is 23.8 Å². The van der Waals surface area contributed by atoms with Crippen LogP contribution in [-0.4, -0.2) is 60.7 Å². The number of aliphatic hydroxyl groups excluding tert-OH is 1. The fourth-order valence-electron chi connectivity index (χ4n) is 3.18. The molecular formula is C19H30N2O5. The Bertz CT molecular complexity index is 634. The smallest absolute Gasteiger partial charge is 0.318 e. The van der Waals surface area contributed by atoms with Gasteiger partial charge in [0.2, 0.25) is 0 Å². The summed E-state index contributed by atoms with van der Waals surface area (Å²) in [6, 6.07) is 5.38. The van der Waals surface area contributed by atoms with E-state index in [2.05, 4.69) is 5.32 Å². The lowest BCUT2D eigenvalue weighted by molar-refractivity contribution is -0.0248. The van der Waals surface area contributed by atoms with Crippen molar-refractivity contribution in [3.8, 4) is 11.5 Å². The first-order valence-electron chi connectivity index (χ1n) is 8.87. The Hall–Kier alpha value is -1.99. The molecule has 1 fully saturated rings. The monoisotopic (exact) mass is 366 g/mol. The number of urea groups is 1. The van der Waals surface area contributed by atoms with Crippen LogP contribution in [0.3, 0.4) is 0 Å². The number of carbonyl (C=O) groups is 1. The first kappa shape index (κ1) is 20.3. The zero-order valence-corrected chi connectivity index (χ0v) is 16.0. The Labute approximate surface area is 154 Å². The Morgan fingerprint density at radius 1 is 1.23 bits per heavy atom. The van der Waals surface area contributed by atoms with E-state index in [0.29, 0.717) is 43.9 Å². The molecule has 0 saturated carbocycles. The number of nitrogens with one attached hydrogen (secondary N) is 1. The van der Waals surface area contributed by atoms with E-state index in [9.17, 15) is 15.0 Å². The van der Waals surface area contributed by atoms with Crippen molar-refractivity contribution in [3.63, 3.8) is 0 Å². The van der Waals surface area contributed by atoms with Gasteiger partial charge in [0.05, 0.1) is 32.0 Å². The molecule has 1 aromatic carbocycles. The summed E-state index contributed by atoms with van der Waals surface area (Å²) in [4.78, 5) is 14.4. The molecule has 2 amide bonds. The minimum atomic E-state index is -1.09. The number of methoxy groups -OCH3 is 2. The summed E-state index contributed by atoms with van der Waals surface area (Å²) >= 11 is 0. The summed E-state index contributed by atoms with van der Waals surface area (Å²) < 4.78 is 10.6. The zero-order chi connectivity index (χ0) is 19.4. The highest BCUT2D eigenvalue weighted by atomic mass is 16.5. The van der Waals surface area contributed by atoms with Crippen LogP contribution in [0.4, 0.5) is 4.79 Å². The number of aliphatic hydroxyl groups is 2. The third-order valence-corrected chi connectivity index (χ3v) is 5.02. The molecule has 7 nitrogen and oxygen atoms in total. The van der Waals surface area contributed by atoms with Gasteiger partial charge in [-0.15, -0.1) is 0 Å². The Morgan fingerprint density at radius 3 is 2.54 bits per heavy atom. The molecule has 0 spiro atoms. The highest BCUT2D eigenvalue weighted by Gasteiger charge is 2.32. The molecule has 3 N–H and O–H groups in total. The average Bonchev–Trinajstić information content (AvgIpc) is 2.83. The predicted octanol–water partition coefficient (Wildman–Crippen LogP) is 1.86. The summed E-state index contributed by atoms with van der Waals surface area (Å²) in [5.74, 6) is 1.24. The van der Waals surface area contributed by atoms with Crippen LogP contribution in [0.15, 0.2) is 18.2 Å². The number of amides is 2. The minimum absolute atomic E-state index is 0.188. The third-order valence-electron chi connectivity index (χ3n) is 5.02. The molecule has 2 rings (SSSR count). The first-order chi connectivity index (χ1) is 12.2. The van der Waals surface area contributed by atoms with Crippen molar-refractivity contribution in [2.45, 2.75) is 44.2 Å². The van der Waals surface area contributed by atoms with Crippen LogP contribution in [0.1, 0.15) is 38.7 Å². The Morgan fingerprint density at radius 2 is 1.92 bits per heavy atom. The van der Waals surface area contributed by atoms with Crippen molar-refractivity contribution in [2.75, 3.05) is 33.9 Å². The van der Waals surface area contributed by atoms with Crippen LogP contribution in [0, 0.1) is 0 Å². The van der Waals surface area contributed by atoms with Gasteiger partial charge in [-0.25, -0.2) is 4.79 Å². The Kier molecular flexibility index (Phi) is 6.36. The van der Waals surface area contributed by atoms with Gasteiger partial charge in [-0.1, -0.05) is 6.07 Å². The van der Waals surface area contributed by atoms with Gasteiger partial charge >= 0.3 is 6.03 Å². The molecule has 0 bridgehead atoms. The SMILES string of the molecule is COc1ccc(C(C)(C)NC(=O)N2CCC[C@@](O)(CO)CC2)cc1OC. The lowest BCUT2D eigenvalue weighted by Crippen LogP contribution is -2.49. The van der Waals surface area contributed by atoms with E-state index >= 15 is 0 Å². The summed E-state index contributed by atoms with van der Waals surface area (Å²) in [6.45, 7) is 4.53. The van der Waals surface area contributed by atoms with Crippen LogP contribution >= 0.6 is 0 Å². The maximum absolute atomic E-state index is 12.7. The molecule has 0 radical (unpaired) electrons. The molecular weight excluding hydrogens is 336 g/mol. The van der Waals surface area contributed by atoms with Gasteiger partial charge in [0.25, 0.3) is 0 Å². The molecule has 1 heterocycles. The van der Waals surface area contributed by atoms with E-state index in [1.54, 1.807) is 19.1 Å². The summed E-state index contributed by atoms with van der Waals surface area (Å²) in [5, 5.41) is 22.6. The number of rotatable bonds is 5. The van der Waals surface area contributed by atoms with Gasteiger partial charge in [0.15, 0.2) is 11.5 Å². The number of likely N-dealkylation sites (tertiary alicyclic amines) is 1. The summed E-state index contributed by atoms with van der Waals surface area (Å²) in [7, 11) is 3.16. The quantitative estimate of drug-likeness (QED) is 0.740. The average molecular weight is 366 g/mol. The van der Waals surface area contributed by atoms with Gasteiger partial charge < -0.3 is 29.9 Å². The van der Waals surface area contributed by atoms with Gasteiger partial charge in [-0.2, -0.15) is 0 Å². The molecule has 1 atom stereocenters. The van der Waals surface area contributed by atoms with Gasteiger partial charge in [0, 0.05) is 13.1 Å². The fourth-order valence-corrected chi connectivity index (χ4v) is 3.18. The minimum Gasteiger partial charge on any atom is -0.493 e. The van der Waals surface area contributed by atoms with Gasteiger partial charge in [-0.05, 0) is 50.8 Å². The van der Waals surface area contributed by atoms with E-state index in [1.165, 1.54) is 0 Å². The number of carbonyl (C=O) groups excluding carboxylic acids is 1. The third kappa shape index (κ3) is 4.59. The molecule has 7 heteroatoms. The van der Waals surface area contributed by atoms with Gasteiger partial charge in [-0.3, -0.25) is 0 Å². The zero-order valence-electron chi connectivity index (χ0n) is 16.0.